The van der Waals surface area contributed by atoms with E-state index in [2.05, 4.69) is 20.9 Å². The number of aromatic nitrogens is 2. The highest BCUT2D eigenvalue weighted by Crippen LogP contribution is 2.51. The SMILES string of the molecule is COc1ccc([C@](O)(CCN(C)C)[C@@H](c2cc3cc(Br)ccc3nc2OC)c2cccc(OC)c2OC)cn1. The normalized spacial score (nSPS) is 13.7. The van der Waals surface area contributed by atoms with Crippen LogP contribution in [0.3, 0.4) is 0 Å². The van der Waals surface area contributed by atoms with Crippen molar-refractivity contribution in [1.29, 1.82) is 0 Å². The van der Waals surface area contributed by atoms with Crippen LogP contribution in [0.25, 0.3) is 10.9 Å². The summed E-state index contributed by atoms with van der Waals surface area (Å²) in [6.45, 7) is 0.597. The minimum atomic E-state index is -1.46. The van der Waals surface area contributed by atoms with Crippen molar-refractivity contribution >= 4 is 26.8 Å². The van der Waals surface area contributed by atoms with E-state index in [1.807, 2.05) is 67.5 Å². The second-order valence-corrected chi connectivity index (χ2v) is 10.4. The van der Waals surface area contributed by atoms with Gasteiger partial charge in [0.2, 0.25) is 11.8 Å². The summed E-state index contributed by atoms with van der Waals surface area (Å²) < 4.78 is 23.6. The van der Waals surface area contributed by atoms with Gasteiger partial charge >= 0.3 is 0 Å². The fourth-order valence-electron chi connectivity index (χ4n) is 4.94. The lowest BCUT2D eigenvalue weighted by Gasteiger charge is -2.39. The maximum Gasteiger partial charge on any atom is 0.217 e. The van der Waals surface area contributed by atoms with Crippen LogP contribution in [0.2, 0.25) is 0 Å². The average Bonchev–Trinajstić information content (AvgIpc) is 2.95. The summed E-state index contributed by atoms with van der Waals surface area (Å²) in [5, 5.41) is 13.8. The number of rotatable bonds is 11. The third-order valence-electron chi connectivity index (χ3n) is 6.88. The first-order valence-corrected chi connectivity index (χ1v) is 13.3. The van der Waals surface area contributed by atoms with Crippen LogP contribution in [0, 0.1) is 0 Å². The first-order valence-electron chi connectivity index (χ1n) is 12.5. The lowest BCUT2D eigenvalue weighted by Crippen LogP contribution is -2.38. The fourth-order valence-corrected chi connectivity index (χ4v) is 5.32. The van der Waals surface area contributed by atoms with Gasteiger partial charge in [0.25, 0.3) is 0 Å². The van der Waals surface area contributed by atoms with Crippen LogP contribution in [0.5, 0.6) is 23.3 Å². The third-order valence-corrected chi connectivity index (χ3v) is 7.37. The third kappa shape index (κ3) is 5.80. The Balaban J connectivity index is 2.09. The molecular weight excluding hydrogens is 562 g/mol. The number of aliphatic hydroxyl groups is 1. The molecule has 0 spiro atoms. The molecular formula is C30H34BrN3O5. The van der Waals surface area contributed by atoms with Gasteiger partial charge in [-0.2, -0.15) is 0 Å². The van der Waals surface area contributed by atoms with E-state index >= 15 is 0 Å². The highest BCUT2D eigenvalue weighted by Gasteiger charge is 2.44. The first-order chi connectivity index (χ1) is 18.7. The minimum Gasteiger partial charge on any atom is -0.493 e. The van der Waals surface area contributed by atoms with Crippen molar-refractivity contribution in [1.82, 2.24) is 14.9 Å². The molecule has 1 N–H and O–H groups in total. The fraction of sp³-hybridized carbons (Fsp3) is 0.333. The van der Waals surface area contributed by atoms with Gasteiger partial charge < -0.3 is 29.0 Å². The van der Waals surface area contributed by atoms with Gasteiger partial charge in [-0.1, -0.05) is 28.1 Å². The lowest BCUT2D eigenvalue weighted by atomic mass is 9.71. The van der Waals surface area contributed by atoms with Gasteiger partial charge in [0.05, 0.1) is 39.9 Å². The van der Waals surface area contributed by atoms with E-state index in [0.29, 0.717) is 47.4 Å². The van der Waals surface area contributed by atoms with Crippen molar-refractivity contribution in [3.63, 3.8) is 0 Å². The van der Waals surface area contributed by atoms with Crippen LogP contribution in [-0.2, 0) is 5.60 Å². The van der Waals surface area contributed by atoms with E-state index in [0.717, 1.165) is 20.9 Å². The van der Waals surface area contributed by atoms with Crippen molar-refractivity contribution in [3.05, 3.63) is 82.0 Å². The largest absolute Gasteiger partial charge is 0.493 e. The molecule has 2 atom stereocenters. The highest BCUT2D eigenvalue weighted by atomic mass is 79.9. The van der Waals surface area contributed by atoms with Crippen LogP contribution in [0.4, 0.5) is 0 Å². The molecule has 39 heavy (non-hydrogen) atoms. The van der Waals surface area contributed by atoms with E-state index < -0.39 is 11.5 Å². The summed E-state index contributed by atoms with van der Waals surface area (Å²) in [6, 6.07) is 17.1. The number of hydrogen-bond acceptors (Lipinski definition) is 8. The molecule has 2 aromatic carbocycles. The summed E-state index contributed by atoms with van der Waals surface area (Å²) in [4.78, 5) is 11.3. The number of pyridine rings is 2. The molecule has 0 saturated heterocycles. The zero-order valence-corrected chi connectivity index (χ0v) is 24.7. The molecule has 2 heterocycles. The average molecular weight is 597 g/mol. The van der Waals surface area contributed by atoms with Crippen molar-refractivity contribution in [2.24, 2.45) is 0 Å². The number of nitrogens with zero attached hydrogens (tertiary/aromatic N) is 3. The zero-order valence-electron chi connectivity index (χ0n) is 23.1. The Bertz CT molecular complexity index is 1430. The Labute approximate surface area is 237 Å². The predicted octanol–water partition coefficient (Wildman–Crippen LogP) is 5.40. The molecule has 0 aliphatic carbocycles. The first kappa shape index (κ1) is 28.6. The van der Waals surface area contributed by atoms with Gasteiger partial charge in [0.15, 0.2) is 11.5 Å². The number of hydrogen-bond donors (Lipinski definition) is 1. The molecule has 0 aliphatic rings. The van der Waals surface area contributed by atoms with E-state index in [4.69, 9.17) is 23.9 Å². The molecule has 0 aliphatic heterocycles. The Morgan fingerprint density at radius 2 is 1.72 bits per heavy atom. The molecule has 0 radical (unpaired) electrons. The van der Waals surface area contributed by atoms with Crippen LogP contribution in [0.1, 0.15) is 29.0 Å². The van der Waals surface area contributed by atoms with E-state index in [-0.39, 0.29) is 0 Å². The van der Waals surface area contributed by atoms with E-state index in [1.165, 1.54) is 0 Å². The number of para-hydroxylation sites is 1. The summed E-state index contributed by atoms with van der Waals surface area (Å²) >= 11 is 3.58. The maximum absolute atomic E-state index is 12.9. The van der Waals surface area contributed by atoms with Crippen LogP contribution < -0.4 is 18.9 Å². The predicted molar refractivity (Wildman–Crippen MR) is 155 cm³/mol. The van der Waals surface area contributed by atoms with Gasteiger partial charge in [0.1, 0.15) is 5.60 Å². The van der Waals surface area contributed by atoms with Gasteiger partial charge in [-0.05, 0) is 56.9 Å². The summed E-state index contributed by atoms with van der Waals surface area (Å²) in [5.41, 5.74) is 1.36. The zero-order chi connectivity index (χ0) is 28.2. The smallest absolute Gasteiger partial charge is 0.217 e. The number of methoxy groups -OCH3 is 4. The lowest BCUT2D eigenvalue weighted by molar-refractivity contribution is 0.00280. The molecule has 4 rings (SSSR count). The Hall–Kier alpha value is -3.40. The highest BCUT2D eigenvalue weighted by molar-refractivity contribution is 9.10. The van der Waals surface area contributed by atoms with Crippen LogP contribution in [-0.4, -0.2) is 69.1 Å². The summed E-state index contributed by atoms with van der Waals surface area (Å²) in [6.07, 6.45) is 2.03. The van der Waals surface area contributed by atoms with Crippen molar-refractivity contribution in [2.75, 3.05) is 49.1 Å². The summed E-state index contributed by atoms with van der Waals surface area (Å²) in [5.74, 6) is 1.26. The van der Waals surface area contributed by atoms with Crippen molar-refractivity contribution in [2.45, 2.75) is 17.9 Å². The maximum atomic E-state index is 12.9. The Morgan fingerprint density at radius 3 is 2.33 bits per heavy atom. The Kier molecular flexibility index (Phi) is 8.94. The standard InChI is InChI=1S/C30H34BrN3O5/c1-34(2)15-14-30(35,20-10-13-26(37-4)32-18-20)27(22-8-7-9-25(36-3)28(22)38-5)23-17-19-16-21(31)11-12-24(19)33-29(23)39-6/h7-13,16-18,27,35H,14-15H2,1-6H3/t27-,30-/m1/s1. The summed E-state index contributed by atoms with van der Waals surface area (Å²) in [7, 11) is 10.3. The molecule has 4 aromatic rings. The van der Waals surface area contributed by atoms with Crippen molar-refractivity contribution < 1.29 is 24.1 Å². The number of ether oxygens (including phenoxy) is 4. The Morgan fingerprint density at radius 1 is 0.923 bits per heavy atom. The molecule has 0 saturated carbocycles. The van der Waals surface area contributed by atoms with Gasteiger partial charge in [0, 0.05) is 45.4 Å². The van der Waals surface area contributed by atoms with E-state index in [9.17, 15) is 5.11 Å². The van der Waals surface area contributed by atoms with Gasteiger partial charge in [-0.15, -0.1) is 0 Å². The molecule has 206 valence electrons. The number of fused-ring (bicyclic) bond motifs is 1. The molecule has 0 fully saturated rings. The topological polar surface area (TPSA) is 86.2 Å². The molecule has 0 amide bonds. The number of halogens is 1. The minimum absolute atomic E-state index is 0.374. The van der Waals surface area contributed by atoms with Crippen LogP contribution in [0.15, 0.2) is 65.3 Å². The van der Waals surface area contributed by atoms with Gasteiger partial charge in [-0.3, -0.25) is 0 Å². The molecule has 2 aromatic heterocycles. The quantitative estimate of drug-likeness (QED) is 0.247. The van der Waals surface area contributed by atoms with Gasteiger partial charge in [-0.25, -0.2) is 9.97 Å². The monoisotopic (exact) mass is 595 g/mol. The van der Waals surface area contributed by atoms with Crippen molar-refractivity contribution in [3.8, 4) is 23.3 Å². The molecule has 8 nitrogen and oxygen atoms in total. The van der Waals surface area contributed by atoms with E-state index in [1.54, 1.807) is 40.7 Å². The molecule has 0 unspecified atom stereocenters. The second-order valence-electron chi connectivity index (χ2n) is 9.51. The molecule has 0 bridgehead atoms. The van der Waals surface area contributed by atoms with Crippen LogP contribution >= 0.6 is 15.9 Å². The second kappa shape index (κ2) is 12.2. The molecule has 9 heteroatoms. The number of benzene rings is 2.